The second-order valence-electron chi connectivity index (χ2n) is 5.54. The quantitative estimate of drug-likeness (QED) is 0.603. The van der Waals surface area contributed by atoms with Crippen LogP contribution >= 0.6 is 0 Å². The third-order valence-corrected chi connectivity index (χ3v) is 4.03. The summed E-state index contributed by atoms with van der Waals surface area (Å²) >= 11 is 0. The van der Waals surface area contributed by atoms with Crippen LogP contribution < -0.4 is 5.32 Å². The van der Waals surface area contributed by atoms with Crippen molar-refractivity contribution in [2.45, 2.75) is 53.0 Å². The number of benzene rings is 1. The number of nitrogens with one attached hydrogen (secondary N) is 1. The smallest absolute Gasteiger partial charge is 0.0208 e. The maximum absolute atomic E-state index is 3.58. The number of aryl methyl sites for hydroxylation is 3. The molecule has 98 valence electrons. The fourth-order valence-corrected chi connectivity index (χ4v) is 2.65. The molecule has 1 heteroatoms. The highest BCUT2D eigenvalue weighted by Gasteiger charge is 2.04. The molecule has 0 saturated carbocycles. The number of hydrogen-bond acceptors (Lipinski definition) is 1. The summed E-state index contributed by atoms with van der Waals surface area (Å²) in [6.45, 7) is 8.70. The molecule has 0 amide bonds. The van der Waals surface area contributed by atoms with Crippen molar-refractivity contribution in [1.82, 2.24) is 5.32 Å². The Bertz CT molecular complexity index is 443. The molecule has 1 nitrogen and oxygen atoms in total. The van der Waals surface area contributed by atoms with Crippen LogP contribution in [0.15, 0.2) is 23.8 Å². The van der Waals surface area contributed by atoms with E-state index in [0.29, 0.717) is 0 Å². The summed E-state index contributed by atoms with van der Waals surface area (Å²) in [4.78, 5) is 0. The van der Waals surface area contributed by atoms with Gasteiger partial charge in [0.05, 0.1) is 0 Å². The minimum Gasteiger partial charge on any atom is -0.312 e. The van der Waals surface area contributed by atoms with E-state index in [9.17, 15) is 0 Å². The average Bonchev–Trinajstić information content (AvgIpc) is 2.84. The molecule has 1 aromatic rings. The standard InChI is InChI=1S/C17H25N/c1-13-10-15(3)17(11-14(13)2)12-18-9-8-16-6-4-5-7-16/h6,10-11,18H,4-5,7-9,12H2,1-3H3. The summed E-state index contributed by atoms with van der Waals surface area (Å²) in [6, 6.07) is 4.62. The molecule has 18 heavy (non-hydrogen) atoms. The third-order valence-electron chi connectivity index (χ3n) is 4.03. The van der Waals surface area contributed by atoms with Crippen molar-refractivity contribution in [2.75, 3.05) is 6.54 Å². The molecule has 0 aliphatic heterocycles. The summed E-state index contributed by atoms with van der Waals surface area (Å²) in [5.41, 5.74) is 7.30. The molecule has 1 aliphatic rings. The predicted octanol–water partition coefficient (Wildman–Crippen LogP) is 4.20. The summed E-state index contributed by atoms with van der Waals surface area (Å²) < 4.78 is 0. The molecule has 0 fully saturated rings. The molecule has 2 rings (SSSR count). The van der Waals surface area contributed by atoms with E-state index < -0.39 is 0 Å². The van der Waals surface area contributed by atoms with Crippen LogP contribution in [0.5, 0.6) is 0 Å². The van der Waals surface area contributed by atoms with Gasteiger partial charge in [0.25, 0.3) is 0 Å². The third kappa shape index (κ3) is 3.46. The molecule has 0 spiro atoms. The van der Waals surface area contributed by atoms with E-state index in [1.165, 1.54) is 47.9 Å². The van der Waals surface area contributed by atoms with Crippen LogP contribution in [0.3, 0.4) is 0 Å². The molecular formula is C17H25N. The first kappa shape index (κ1) is 13.4. The van der Waals surface area contributed by atoms with Gasteiger partial charge in [0.15, 0.2) is 0 Å². The van der Waals surface area contributed by atoms with Crippen LogP contribution in [-0.2, 0) is 6.54 Å². The molecule has 0 radical (unpaired) electrons. The van der Waals surface area contributed by atoms with Crippen LogP contribution in [0.2, 0.25) is 0 Å². The van der Waals surface area contributed by atoms with Gasteiger partial charge in [-0.05, 0) is 75.3 Å². The van der Waals surface area contributed by atoms with Crippen molar-refractivity contribution < 1.29 is 0 Å². The first-order chi connectivity index (χ1) is 8.66. The molecule has 0 unspecified atom stereocenters. The van der Waals surface area contributed by atoms with Crippen molar-refractivity contribution in [2.24, 2.45) is 0 Å². The fourth-order valence-electron chi connectivity index (χ4n) is 2.65. The Morgan fingerprint density at radius 1 is 1.06 bits per heavy atom. The van der Waals surface area contributed by atoms with E-state index >= 15 is 0 Å². The zero-order valence-corrected chi connectivity index (χ0v) is 12.0. The molecule has 0 aromatic heterocycles. The van der Waals surface area contributed by atoms with E-state index in [1.54, 1.807) is 5.57 Å². The molecule has 1 N–H and O–H groups in total. The van der Waals surface area contributed by atoms with Gasteiger partial charge in [-0.3, -0.25) is 0 Å². The lowest BCUT2D eigenvalue weighted by molar-refractivity contribution is 0.673. The molecule has 0 heterocycles. The van der Waals surface area contributed by atoms with Gasteiger partial charge in [0, 0.05) is 6.54 Å². The number of allylic oxidation sites excluding steroid dienone is 1. The lowest BCUT2D eigenvalue weighted by Crippen LogP contribution is -2.16. The monoisotopic (exact) mass is 243 g/mol. The zero-order chi connectivity index (χ0) is 13.0. The van der Waals surface area contributed by atoms with E-state index in [0.717, 1.165) is 13.1 Å². The van der Waals surface area contributed by atoms with Gasteiger partial charge in [0.1, 0.15) is 0 Å². The highest BCUT2D eigenvalue weighted by atomic mass is 14.8. The topological polar surface area (TPSA) is 12.0 Å². The SMILES string of the molecule is Cc1cc(C)c(CNCCC2=CCCC2)cc1C. The minimum atomic E-state index is 1.00. The maximum Gasteiger partial charge on any atom is 0.0208 e. The summed E-state index contributed by atoms with van der Waals surface area (Å²) in [6.07, 6.45) is 7.63. The van der Waals surface area contributed by atoms with Crippen LogP contribution in [0.1, 0.15) is 47.9 Å². The van der Waals surface area contributed by atoms with Crippen LogP contribution in [0, 0.1) is 20.8 Å². The first-order valence-electron chi connectivity index (χ1n) is 7.12. The minimum absolute atomic E-state index is 1.00. The molecule has 0 bridgehead atoms. The largest absolute Gasteiger partial charge is 0.312 e. The van der Waals surface area contributed by atoms with Gasteiger partial charge in [-0.2, -0.15) is 0 Å². The molecular weight excluding hydrogens is 218 g/mol. The Labute approximate surface area is 111 Å². The highest BCUT2D eigenvalue weighted by Crippen LogP contribution is 2.20. The van der Waals surface area contributed by atoms with Gasteiger partial charge < -0.3 is 5.32 Å². The Hall–Kier alpha value is -1.08. The van der Waals surface area contributed by atoms with Crippen LogP contribution in [0.4, 0.5) is 0 Å². The molecule has 0 atom stereocenters. The lowest BCUT2D eigenvalue weighted by Gasteiger charge is -2.11. The van der Waals surface area contributed by atoms with Crippen LogP contribution in [-0.4, -0.2) is 6.54 Å². The Morgan fingerprint density at radius 3 is 2.56 bits per heavy atom. The summed E-state index contributed by atoms with van der Waals surface area (Å²) in [5, 5.41) is 3.58. The van der Waals surface area contributed by atoms with Crippen molar-refractivity contribution in [1.29, 1.82) is 0 Å². The fraction of sp³-hybridized carbons (Fsp3) is 0.529. The second kappa shape index (κ2) is 6.19. The van der Waals surface area contributed by atoms with Crippen molar-refractivity contribution in [3.8, 4) is 0 Å². The molecule has 0 saturated heterocycles. The maximum atomic E-state index is 3.58. The van der Waals surface area contributed by atoms with E-state index in [2.05, 4.69) is 44.3 Å². The highest BCUT2D eigenvalue weighted by molar-refractivity contribution is 5.36. The van der Waals surface area contributed by atoms with E-state index in [4.69, 9.17) is 0 Å². The van der Waals surface area contributed by atoms with E-state index in [1.807, 2.05) is 0 Å². The van der Waals surface area contributed by atoms with Gasteiger partial charge >= 0.3 is 0 Å². The Kier molecular flexibility index (Phi) is 4.60. The van der Waals surface area contributed by atoms with Crippen molar-refractivity contribution >= 4 is 0 Å². The number of rotatable bonds is 5. The lowest BCUT2D eigenvalue weighted by atomic mass is 10.0. The zero-order valence-electron chi connectivity index (χ0n) is 12.0. The van der Waals surface area contributed by atoms with Gasteiger partial charge in [-0.1, -0.05) is 23.8 Å². The first-order valence-corrected chi connectivity index (χ1v) is 7.12. The van der Waals surface area contributed by atoms with Gasteiger partial charge in [0.2, 0.25) is 0 Å². The summed E-state index contributed by atoms with van der Waals surface area (Å²) in [7, 11) is 0. The van der Waals surface area contributed by atoms with Crippen LogP contribution in [0.25, 0.3) is 0 Å². The predicted molar refractivity (Wildman–Crippen MR) is 78.9 cm³/mol. The normalized spacial score (nSPS) is 14.9. The molecule has 1 aliphatic carbocycles. The summed E-state index contributed by atoms with van der Waals surface area (Å²) in [5.74, 6) is 0. The Balaban J connectivity index is 1.81. The number of hydrogen-bond donors (Lipinski definition) is 1. The second-order valence-corrected chi connectivity index (χ2v) is 5.54. The Morgan fingerprint density at radius 2 is 1.83 bits per heavy atom. The van der Waals surface area contributed by atoms with Crippen molar-refractivity contribution in [3.05, 3.63) is 46.0 Å². The van der Waals surface area contributed by atoms with Gasteiger partial charge in [-0.25, -0.2) is 0 Å². The van der Waals surface area contributed by atoms with E-state index in [-0.39, 0.29) is 0 Å². The van der Waals surface area contributed by atoms with Gasteiger partial charge in [-0.15, -0.1) is 0 Å². The average molecular weight is 243 g/mol. The molecule has 1 aromatic carbocycles. The van der Waals surface area contributed by atoms with Crippen molar-refractivity contribution in [3.63, 3.8) is 0 Å².